The van der Waals surface area contributed by atoms with Gasteiger partial charge in [-0.1, -0.05) is 15.9 Å². The highest BCUT2D eigenvalue weighted by atomic mass is 79.9. The first kappa shape index (κ1) is 13.9. The molecule has 19 heavy (non-hydrogen) atoms. The van der Waals surface area contributed by atoms with Crippen LogP contribution in [0.1, 0.15) is 27.2 Å². The van der Waals surface area contributed by atoms with Crippen LogP contribution in [0.3, 0.4) is 0 Å². The maximum Gasteiger partial charge on any atom is 0.211 e. The van der Waals surface area contributed by atoms with Gasteiger partial charge in [0.15, 0.2) is 0 Å². The minimum atomic E-state index is -0.0754. The summed E-state index contributed by atoms with van der Waals surface area (Å²) in [4.78, 5) is 16.5. The van der Waals surface area contributed by atoms with E-state index in [9.17, 15) is 4.79 Å². The van der Waals surface area contributed by atoms with Crippen LogP contribution in [0.4, 0.5) is 0 Å². The van der Waals surface area contributed by atoms with Gasteiger partial charge >= 0.3 is 0 Å². The number of carbonyl (C=O) groups excluding carboxylic acids is 1. The lowest BCUT2D eigenvalue weighted by atomic mass is 10.0. The van der Waals surface area contributed by atoms with Crippen LogP contribution in [0.5, 0.6) is 0 Å². The highest BCUT2D eigenvalue weighted by molar-refractivity contribution is 9.10. The summed E-state index contributed by atoms with van der Waals surface area (Å²) in [5.41, 5.74) is 3.05. The number of hydrogen-bond donors (Lipinski definition) is 0. The second-order valence-corrected chi connectivity index (χ2v) is 5.14. The predicted octanol–water partition coefficient (Wildman–Crippen LogP) is 3.53. The van der Waals surface area contributed by atoms with E-state index in [2.05, 4.69) is 20.9 Å². The van der Waals surface area contributed by atoms with Gasteiger partial charge in [-0.15, -0.1) is 0 Å². The van der Waals surface area contributed by atoms with Crippen LogP contribution in [0, 0.1) is 6.92 Å². The Morgan fingerprint density at radius 2 is 2.11 bits per heavy atom. The summed E-state index contributed by atoms with van der Waals surface area (Å²) in [5, 5.41) is 0. The molecule has 98 valence electrons. The van der Waals surface area contributed by atoms with Gasteiger partial charge in [0.1, 0.15) is 5.69 Å². The van der Waals surface area contributed by atoms with Crippen molar-refractivity contribution >= 4 is 21.7 Å². The molecule has 0 spiro atoms. The third-order valence-electron chi connectivity index (χ3n) is 2.76. The fourth-order valence-corrected chi connectivity index (χ4v) is 2.15. The predicted molar refractivity (Wildman–Crippen MR) is 77.3 cm³/mol. The van der Waals surface area contributed by atoms with Crippen molar-refractivity contribution < 1.29 is 9.53 Å². The van der Waals surface area contributed by atoms with Gasteiger partial charge in [-0.2, -0.15) is 0 Å². The molecule has 1 heterocycles. The Kier molecular flexibility index (Phi) is 4.45. The fourth-order valence-electron chi connectivity index (χ4n) is 1.79. The van der Waals surface area contributed by atoms with Crippen molar-refractivity contribution in [3.63, 3.8) is 0 Å². The van der Waals surface area contributed by atoms with Gasteiger partial charge < -0.3 is 4.74 Å². The van der Waals surface area contributed by atoms with Crippen LogP contribution in [-0.2, 0) is 11.3 Å². The number of halogens is 1. The number of carbonyl (C=O) groups is 1. The van der Waals surface area contributed by atoms with Gasteiger partial charge in [0.2, 0.25) is 5.78 Å². The lowest BCUT2D eigenvalue weighted by molar-refractivity contribution is 0.103. The third kappa shape index (κ3) is 3.28. The number of pyridine rings is 1. The quantitative estimate of drug-likeness (QED) is 0.809. The van der Waals surface area contributed by atoms with Gasteiger partial charge in [0, 0.05) is 23.3 Å². The molecule has 0 atom stereocenters. The van der Waals surface area contributed by atoms with E-state index in [0.29, 0.717) is 17.9 Å². The zero-order valence-electron chi connectivity index (χ0n) is 10.8. The van der Waals surface area contributed by atoms with Crippen molar-refractivity contribution in [3.8, 4) is 0 Å². The third-order valence-corrected chi connectivity index (χ3v) is 3.53. The summed E-state index contributed by atoms with van der Waals surface area (Å²) in [5.74, 6) is -0.0754. The molecule has 0 radical (unpaired) electrons. The number of ketones is 1. The summed E-state index contributed by atoms with van der Waals surface area (Å²) < 4.78 is 6.04. The average Bonchev–Trinajstić information content (AvgIpc) is 2.41. The fraction of sp³-hybridized carbons (Fsp3) is 0.200. The van der Waals surface area contributed by atoms with Crippen LogP contribution in [0.25, 0.3) is 0 Å². The van der Waals surface area contributed by atoms with Crippen molar-refractivity contribution in [2.24, 2.45) is 0 Å². The SMILES string of the molecule is COCc1cc(C(=O)c2cc(C)ccn2)ccc1Br. The van der Waals surface area contributed by atoms with E-state index >= 15 is 0 Å². The van der Waals surface area contributed by atoms with E-state index in [0.717, 1.165) is 15.6 Å². The first-order valence-electron chi connectivity index (χ1n) is 5.86. The van der Waals surface area contributed by atoms with Crippen molar-refractivity contribution in [1.82, 2.24) is 4.98 Å². The van der Waals surface area contributed by atoms with Crippen LogP contribution in [0.15, 0.2) is 41.0 Å². The number of rotatable bonds is 4. The Balaban J connectivity index is 2.36. The van der Waals surface area contributed by atoms with Crippen LogP contribution in [-0.4, -0.2) is 17.9 Å². The van der Waals surface area contributed by atoms with E-state index in [1.807, 2.05) is 25.1 Å². The second kappa shape index (κ2) is 6.08. The smallest absolute Gasteiger partial charge is 0.211 e. The highest BCUT2D eigenvalue weighted by Gasteiger charge is 2.12. The molecule has 0 aliphatic rings. The van der Waals surface area contributed by atoms with Gasteiger partial charge in [0.05, 0.1) is 6.61 Å². The molecule has 2 aromatic rings. The van der Waals surface area contributed by atoms with Crippen molar-refractivity contribution in [2.75, 3.05) is 7.11 Å². The molecule has 0 unspecified atom stereocenters. The first-order chi connectivity index (χ1) is 9.11. The summed E-state index contributed by atoms with van der Waals surface area (Å²) in [6.07, 6.45) is 1.65. The minimum absolute atomic E-state index is 0.0754. The number of methoxy groups -OCH3 is 1. The number of aromatic nitrogens is 1. The van der Waals surface area contributed by atoms with Crippen LogP contribution in [0.2, 0.25) is 0 Å². The molecule has 0 saturated carbocycles. The molecule has 0 aliphatic heterocycles. The Morgan fingerprint density at radius 1 is 1.32 bits per heavy atom. The largest absolute Gasteiger partial charge is 0.380 e. The average molecular weight is 320 g/mol. The maximum atomic E-state index is 12.3. The molecule has 4 heteroatoms. The molecule has 0 aliphatic carbocycles. The highest BCUT2D eigenvalue weighted by Crippen LogP contribution is 2.20. The topological polar surface area (TPSA) is 39.2 Å². The van der Waals surface area contributed by atoms with E-state index in [1.54, 1.807) is 25.4 Å². The summed E-state index contributed by atoms with van der Waals surface area (Å²) in [6.45, 7) is 2.40. The Bertz CT molecular complexity index is 611. The Morgan fingerprint density at radius 3 is 2.79 bits per heavy atom. The normalized spacial score (nSPS) is 10.5. The van der Waals surface area contributed by atoms with Crippen molar-refractivity contribution in [2.45, 2.75) is 13.5 Å². The summed E-state index contributed by atoms with van der Waals surface area (Å²) in [6, 6.07) is 9.14. The molecule has 0 N–H and O–H groups in total. The number of hydrogen-bond acceptors (Lipinski definition) is 3. The van der Waals surface area contributed by atoms with Gasteiger partial charge in [0.25, 0.3) is 0 Å². The van der Waals surface area contributed by atoms with Crippen LogP contribution < -0.4 is 0 Å². The summed E-state index contributed by atoms with van der Waals surface area (Å²) in [7, 11) is 1.63. The molecule has 0 bridgehead atoms. The van der Waals surface area contributed by atoms with E-state index in [4.69, 9.17) is 4.74 Å². The number of ether oxygens (including phenoxy) is 1. The first-order valence-corrected chi connectivity index (χ1v) is 6.66. The lowest BCUT2D eigenvalue weighted by Gasteiger charge is -2.06. The molecule has 1 aromatic heterocycles. The van der Waals surface area contributed by atoms with Gasteiger partial charge in [-0.05, 0) is 48.4 Å². The molecule has 0 fully saturated rings. The van der Waals surface area contributed by atoms with Crippen molar-refractivity contribution in [1.29, 1.82) is 0 Å². The zero-order valence-corrected chi connectivity index (χ0v) is 12.4. The minimum Gasteiger partial charge on any atom is -0.380 e. The van der Waals surface area contributed by atoms with Crippen molar-refractivity contribution in [3.05, 3.63) is 63.4 Å². The van der Waals surface area contributed by atoms with Crippen LogP contribution >= 0.6 is 15.9 Å². The Labute approximate surface area is 120 Å². The van der Waals surface area contributed by atoms with E-state index < -0.39 is 0 Å². The van der Waals surface area contributed by atoms with Gasteiger partial charge in [-0.25, -0.2) is 0 Å². The molecule has 3 nitrogen and oxygen atoms in total. The molecular weight excluding hydrogens is 306 g/mol. The molecule has 1 aromatic carbocycles. The monoisotopic (exact) mass is 319 g/mol. The second-order valence-electron chi connectivity index (χ2n) is 4.29. The lowest BCUT2D eigenvalue weighted by Crippen LogP contribution is -2.05. The number of nitrogens with zero attached hydrogens (tertiary/aromatic N) is 1. The maximum absolute atomic E-state index is 12.3. The summed E-state index contributed by atoms with van der Waals surface area (Å²) >= 11 is 3.44. The Hall–Kier alpha value is -1.52. The number of aryl methyl sites for hydroxylation is 1. The zero-order chi connectivity index (χ0) is 13.8. The standard InChI is InChI=1S/C15H14BrNO2/c1-10-5-6-17-14(7-10)15(18)11-3-4-13(16)12(8-11)9-19-2/h3-8H,9H2,1-2H3. The molecular formula is C15H14BrNO2. The molecule has 0 saturated heterocycles. The molecule has 0 amide bonds. The number of benzene rings is 1. The van der Waals surface area contributed by atoms with E-state index in [-0.39, 0.29) is 5.78 Å². The van der Waals surface area contributed by atoms with Gasteiger partial charge in [-0.3, -0.25) is 9.78 Å². The molecule has 2 rings (SSSR count). The van der Waals surface area contributed by atoms with E-state index in [1.165, 1.54) is 0 Å².